The molecule has 0 aliphatic carbocycles. The van der Waals surface area contributed by atoms with E-state index in [1.165, 1.54) is 6.20 Å². The number of aliphatic hydroxyl groups is 1. The molecular formula is C10H10N4O. The summed E-state index contributed by atoms with van der Waals surface area (Å²) in [6, 6.07) is 1.98. The first-order chi connectivity index (χ1) is 7.19. The molecule has 15 heavy (non-hydrogen) atoms. The molecule has 2 heterocycles. The van der Waals surface area contributed by atoms with E-state index in [0.717, 1.165) is 11.1 Å². The van der Waals surface area contributed by atoms with Crippen molar-refractivity contribution in [2.75, 3.05) is 5.73 Å². The smallest absolute Gasteiger partial charge is 0.103 e. The van der Waals surface area contributed by atoms with Crippen molar-refractivity contribution in [3.63, 3.8) is 0 Å². The fourth-order valence-electron chi connectivity index (χ4n) is 1.61. The second kappa shape index (κ2) is 3.26. The summed E-state index contributed by atoms with van der Waals surface area (Å²) in [6.07, 6.45) is 3.13. The molecule has 5 heteroatoms. The predicted molar refractivity (Wildman–Crippen MR) is 55.0 cm³/mol. The first-order valence-electron chi connectivity index (χ1n) is 4.45. The maximum Gasteiger partial charge on any atom is 0.103 e. The number of nitrogen functional groups attached to an aromatic ring is 1. The third kappa shape index (κ3) is 1.23. The van der Waals surface area contributed by atoms with E-state index in [1.807, 2.05) is 13.0 Å². The average Bonchev–Trinajstić information content (AvgIpc) is 2.57. The van der Waals surface area contributed by atoms with E-state index in [-0.39, 0.29) is 6.61 Å². The minimum Gasteiger partial charge on any atom is -0.396 e. The Labute approximate surface area is 86.4 Å². The monoisotopic (exact) mass is 202 g/mol. The van der Waals surface area contributed by atoms with Crippen LogP contribution in [-0.4, -0.2) is 14.7 Å². The fraction of sp³-hybridized carbons (Fsp3) is 0.200. The van der Waals surface area contributed by atoms with Gasteiger partial charge in [0, 0.05) is 11.8 Å². The minimum absolute atomic E-state index is 0.0590. The van der Waals surface area contributed by atoms with Gasteiger partial charge < -0.3 is 10.8 Å². The molecule has 0 atom stereocenters. The number of aromatic nitrogens is 2. The van der Waals surface area contributed by atoms with Crippen LogP contribution in [0.25, 0.3) is 5.52 Å². The van der Waals surface area contributed by atoms with Crippen LogP contribution in [0, 0.1) is 18.3 Å². The molecule has 0 spiro atoms. The second-order valence-electron chi connectivity index (χ2n) is 3.31. The number of rotatable bonds is 1. The summed E-state index contributed by atoms with van der Waals surface area (Å²) in [4.78, 5) is 0. The zero-order valence-corrected chi connectivity index (χ0v) is 8.23. The minimum atomic E-state index is -0.0590. The van der Waals surface area contributed by atoms with E-state index in [9.17, 15) is 0 Å². The Morgan fingerprint density at radius 2 is 2.40 bits per heavy atom. The lowest BCUT2D eigenvalue weighted by Gasteiger charge is -2.01. The predicted octanol–water partition coefficient (Wildman–Crippen LogP) is 0.589. The lowest BCUT2D eigenvalue weighted by atomic mass is 10.1. The summed E-state index contributed by atoms with van der Waals surface area (Å²) < 4.78 is 1.58. The van der Waals surface area contributed by atoms with Crippen molar-refractivity contribution in [2.24, 2.45) is 0 Å². The van der Waals surface area contributed by atoms with Gasteiger partial charge in [0.25, 0.3) is 0 Å². The van der Waals surface area contributed by atoms with E-state index in [0.29, 0.717) is 16.8 Å². The normalized spacial score (nSPS) is 10.5. The van der Waals surface area contributed by atoms with Crippen LogP contribution in [0.5, 0.6) is 0 Å². The summed E-state index contributed by atoms with van der Waals surface area (Å²) in [5.74, 6) is 0. The van der Waals surface area contributed by atoms with Gasteiger partial charge in [-0.25, -0.2) is 4.52 Å². The van der Waals surface area contributed by atoms with Gasteiger partial charge >= 0.3 is 0 Å². The molecular weight excluding hydrogens is 192 g/mol. The van der Waals surface area contributed by atoms with Gasteiger partial charge in [-0.2, -0.15) is 10.4 Å². The van der Waals surface area contributed by atoms with Crippen molar-refractivity contribution in [1.82, 2.24) is 9.61 Å². The zero-order valence-electron chi connectivity index (χ0n) is 8.23. The van der Waals surface area contributed by atoms with Gasteiger partial charge in [-0.1, -0.05) is 0 Å². The molecule has 0 amide bonds. The molecule has 0 radical (unpaired) electrons. The molecule has 2 aromatic heterocycles. The van der Waals surface area contributed by atoms with E-state index >= 15 is 0 Å². The van der Waals surface area contributed by atoms with Crippen molar-refractivity contribution in [2.45, 2.75) is 13.5 Å². The summed E-state index contributed by atoms with van der Waals surface area (Å²) >= 11 is 0. The molecule has 0 aliphatic heterocycles. The molecule has 0 fully saturated rings. The lowest BCUT2D eigenvalue weighted by Crippen LogP contribution is -1.99. The third-order valence-corrected chi connectivity index (χ3v) is 2.49. The highest BCUT2D eigenvalue weighted by molar-refractivity contribution is 5.79. The van der Waals surface area contributed by atoms with Crippen LogP contribution < -0.4 is 5.73 Å². The van der Waals surface area contributed by atoms with Crippen LogP contribution in [0.4, 0.5) is 5.69 Å². The molecule has 0 saturated carbocycles. The van der Waals surface area contributed by atoms with Gasteiger partial charge in [-0.05, 0) is 12.5 Å². The third-order valence-electron chi connectivity index (χ3n) is 2.49. The lowest BCUT2D eigenvalue weighted by molar-refractivity contribution is 0.281. The van der Waals surface area contributed by atoms with Crippen molar-refractivity contribution in [3.05, 3.63) is 29.1 Å². The van der Waals surface area contributed by atoms with E-state index in [2.05, 4.69) is 5.10 Å². The molecule has 5 nitrogen and oxygen atoms in total. The summed E-state index contributed by atoms with van der Waals surface area (Å²) in [5.41, 5.74) is 8.92. The standard InChI is InChI=1S/C10H10N4O/c1-6-8(5-15)4-14-10(6)9(12)7(2-11)3-13-14/h3-4,15H,5,12H2,1H3. The van der Waals surface area contributed by atoms with Gasteiger partial charge in [-0.3, -0.25) is 0 Å². The summed E-state index contributed by atoms with van der Waals surface area (Å²) in [5, 5.41) is 21.9. The van der Waals surface area contributed by atoms with Gasteiger partial charge in [-0.15, -0.1) is 0 Å². The highest BCUT2D eigenvalue weighted by atomic mass is 16.3. The Morgan fingerprint density at radius 1 is 1.67 bits per heavy atom. The maximum atomic E-state index is 9.09. The Balaban J connectivity index is 2.87. The maximum absolute atomic E-state index is 9.09. The van der Waals surface area contributed by atoms with Crippen LogP contribution in [0.1, 0.15) is 16.7 Å². The number of nitrogens with two attached hydrogens (primary N) is 1. The molecule has 0 bridgehead atoms. The molecule has 0 aromatic carbocycles. The van der Waals surface area contributed by atoms with Crippen LogP contribution >= 0.6 is 0 Å². The van der Waals surface area contributed by atoms with Crippen LogP contribution in [0.3, 0.4) is 0 Å². The van der Waals surface area contributed by atoms with E-state index in [4.69, 9.17) is 16.1 Å². The first kappa shape index (κ1) is 9.49. The molecule has 3 N–H and O–H groups in total. The van der Waals surface area contributed by atoms with E-state index in [1.54, 1.807) is 10.7 Å². The number of hydrogen-bond acceptors (Lipinski definition) is 4. The second-order valence-corrected chi connectivity index (χ2v) is 3.31. The van der Waals surface area contributed by atoms with Crippen molar-refractivity contribution >= 4 is 11.2 Å². The largest absolute Gasteiger partial charge is 0.396 e. The quantitative estimate of drug-likeness (QED) is 0.708. The number of nitrogens with zero attached hydrogens (tertiary/aromatic N) is 3. The summed E-state index contributed by atoms with van der Waals surface area (Å²) in [7, 11) is 0. The molecule has 2 rings (SSSR count). The van der Waals surface area contributed by atoms with Gasteiger partial charge in [0.2, 0.25) is 0 Å². The number of anilines is 1. The number of nitriles is 1. The van der Waals surface area contributed by atoms with Crippen LogP contribution in [0.15, 0.2) is 12.4 Å². The highest BCUT2D eigenvalue weighted by Crippen LogP contribution is 2.24. The molecule has 0 unspecified atom stereocenters. The van der Waals surface area contributed by atoms with Gasteiger partial charge in [0.05, 0.1) is 29.6 Å². The summed E-state index contributed by atoms with van der Waals surface area (Å²) in [6.45, 7) is 1.79. The molecule has 76 valence electrons. The molecule has 0 saturated heterocycles. The fourth-order valence-corrected chi connectivity index (χ4v) is 1.61. The zero-order chi connectivity index (χ0) is 11.0. The topological polar surface area (TPSA) is 87.3 Å². The first-order valence-corrected chi connectivity index (χ1v) is 4.45. The number of fused-ring (bicyclic) bond motifs is 1. The van der Waals surface area contributed by atoms with Crippen molar-refractivity contribution < 1.29 is 5.11 Å². The van der Waals surface area contributed by atoms with Crippen LogP contribution in [0.2, 0.25) is 0 Å². The van der Waals surface area contributed by atoms with Crippen LogP contribution in [-0.2, 0) is 6.61 Å². The van der Waals surface area contributed by atoms with Crippen molar-refractivity contribution in [1.29, 1.82) is 5.26 Å². The Bertz CT molecular complexity index is 565. The number of hydrogen-bond donors (Lipinski definition) is 2. The average molecular weight is 202 g/mol. The number of aryl methyl sites for hydroxylation is 1. The number of aliphatic hydroxyl groups excluding tert-OH is 1. The van der Waals surface area contributed by atoms with Gasteiger partial charge in [0.15, 0.2) is 0 Å². The Kier molecular flexibility index (Phi) is 2.06. The molecule has 2 aromatic rings. The molecule has 0 aliphatic rings. The van der Waals surface area contributed by atoms with Gasteiger partial charge in [0.1, 0.15) is 6.07 Å². The Hall–Kier alpha value is -2.06. The Morgan fingerprint density at radius 3 is 3.00 bits per heavy atom. The SMILES string of the molecule is Cc1c(CO)cn2ncc(C#N)c(N)c12. The van der Waals surface area contributed by atoms with Crippen molar-refractivity contribution in [3.8, 4) is 6.07 Å². The highest BCUT2D eigenvalue weighted by Gasteiger charge is 2.12. The van der Waals surface area contributed by atoms with E-state index < -0.39 is 0 Å².